The van der Waals surface area contributed by atoms with Gasteiger partial charge in [0.1, 0.15) is 16.3 Å². The van der Waals surface area contributed by atoms with E-state index in [1.807, 2.05) is 0 Å². The topological polar surface area (TPSA) is 140 Å². The average Bonchev–Trinajstić information content (AvgIpc) is 3.50. The zero-order valence-electron chi connectivity index (χ0n) is 18.4. The van der Waals surface area contributed by atoms with Crippen molar-refractivity contribution in [1.82, 2.24) is 34.3 Å². The summed E-state index contributed by atoms with van der Waals surface area (Å²) in [6.07, 6.45) is -1.45. The number of amides is 1. The van der Waals surface area contributed by atoms with Crippen LogP contribution in [0.15, 0.2) is 25.3 Å². The molecule has 1 fully saturated rings. The monoisotopic (exact) mass is 517 g/mol. The number of thioether (sulfide) groups is 1. The minimum absolute atomic E-state index is 0.0267. The lowest BCUT2D eigenvalue weighted by Crippen LogP contribution is -2.51. The predicted molar refractivity (Wildman–Crippen MR) is 113 cm³/mol. The Morgan fingerprint density at radius 3 is 2.53 bits per heavy atom. The Hall–Kier alpha value is -2.85. The lowest BCUT2D eigenvalue weighted by Gasteiger charge is -2.33. The number of aryl methyl sites for hydroxylation is 3. The number of carbonyl (C=O) groups is 1. The summed E-state index contributed by atoms with van der Waals surface area (Å²) in [4.78, 5) is 14.2. The van der Waals surface area contributed by atoms with Gasteiger partial charge in [-0.3, -0.25) is 9.48 Å². The number of carbonyl (C=O) groups excluding carboxylic acids is 1. The number of nitrogens with zero attached hydrogens (tertiary/aromatic N) is 7. The van der Waals surface area contributed by atoms with Gasteiger partial charge in [0, 0.05) is 39.4 Å². The van der Waals surface area contributed by atoms with Gasteiger partial charge in [0.05, 0.1) is 11.3 Å². The van der Waals surface area contributed by atoms with Gasteiger partial charge in [0.2, 0.25) is 15.9 Å². The van der Waals surface area contributed by atoms with Gasteiger partial charge in [0.15, 0.2) is 5.76 Å². The summed E-state index contributed by atoms with van der Waals surface area (Å²) in [6, 6.07) is 0. The van der Waals surface area contributed by atoms with Crippen molar-refractivity contribution in [3.63, 3.8) is 0 Å². The van der Waals surface area contributed by atoms with E-state index >= 15 is 0 Å². The Labute approximate surface area is 197 Å². The fraction of sp³-hybridized carbons (Fsp3) is 0.500. The predicted octanol–water partition coefficient (Wildman–Crippen LogP) is 1.64. The number of alkyl halides is 2. The lowest BCUT2D eigenvalue weighted by molar-refractivity contribution is -0.129. The summed E-state index contributed by atoms with van der Waals surface area (Å²) < 4.78 is 65.0. The number of piperazine rings is 1. The molecule has 1 saturated heterocycles. The standard InChI is InChI=1S/C18H21F2N7O5S2/c1-10-15(11(2)32-24-10)34(29,30)27-6-4-26(5-7-27)13(28)9-33-18-22-21-17(31-18)12-8-25(3)23-14(12)16(19)20/h8,16H,4-7,9H2,1-3H3. The number of rotatable bonds is 7. The van der Waals surface area contributed by atoms with Gasteiger partial charge in [-0.2, -0.15) is 9.40 Å². The molecule has 0 bridgehead atoms. The summed E-state index contributed by atoms with van der Waals surface area (Å²) in [5.41, 5.74) is -0.153. The highest BCUT2D eigenvalue weighted by Crippen LogP contribution is 2.31. The zero-order valence-corrected chi connectivity index (χ0v) is 20.1. The fourth-order valence-corrected chi connectivity index (χ4v) is 5.95. The third-order valence-corrected chi connectivity index (χ3v) is 8.12. The molecule has 0 aliphatic carbocycles. The lowest BCUT2D eigenvalue weighted by atomic mass is 10.2. The number of hydrogen-bond acceptors (Lipinski definition) is 10. The van der Waals surface area contributed by atoms with Crippen LogP contribution in [-0.2, 0) is 21.9 Å². The second kappa shape index (κ2) is 9.42. The van der Waals surface area contributed by atoms with Crippen LogP contribution in [0.1, 0.15) is 23.6 Å². The molecule has 4 rings (SSSR count). The molecule has 1 aliphatic heterocycles. The van der Waals surface area contributed by atoms with E-state index in [1.54, 1.807) is 11.8 Å². The zero-order chi connectivity index (χ0) is 24.6. The van der Waals surface area contributed by atoms with Crippen LogP contribution in [0.3, 0.4) is 0 Å². The molecule has 0 atom stereocenters. The highest BCUT2D eigenvalue weighted by Gasteiger charge is 2.34. The summed E-state index contributed by atoms with van der Waals surface area (Å²) in [5, 5.41) is 15.0. The van der Waals surface area contributed by atoms with Crippen LogP contribution >= 0.6 is 11.8 Å². The minimum atomic E-state index is -3.78. The Morgan fingerprint density at radius 1 is 1.21 bits per heavy atom. The van der Waals surface area contributed by atoms with Crippen LogP contribution in [0.25, 0.3) is 11.5 Å². The van der Waals surface area contributed by atoms with Crippen molar-refractivity contribution in [3.05, 3.63) is 23.3 Å². The summed E-state index contributed by atoms with van der Waals surface area (Å²) >= 11 is 0.968. The normalized spacial score (nSPS) is 15.4. The molecule has 0 unspecified atom stereocenters. The molecular formula is C18H21F2N7O5S2. The second-order valence-electron chi connectivity index (χ2n) is 7.50. The second-order valence-corrected chi connectivity index (χ2v) is 10.3. The molecule has 0 saturated carbocycles. The van der Waals surface area contributed by atoms with E-state index in [0.717, 1.165) is 11.8 Å². The number of aromatic nitrogens is 5. The minimum Gasteiger partial charge on any atom is -0.411 e. The molecule has 3 aromatic heterocycles. The molecule has 3 aromatic rings. The molecule has 12 nitrogen and oxygen atoms in total. The number of sulfonamides is 1. The highest BCUT2D eigenvalue weighted by atomic mass is 32.2. The molecule has 0 N–H and O–H groups in total. The van der Waals surface area contributed by atoms with Crippen LogP contribution in [0.4, 0.5) is 8.78 Å². The van der Waals surface area contributed by atoms with E-state index in [9.17, 15) is 22.0 Å². The van der Waals surface area contributed by atoms with E-state index < -0.39 is 22.1 Å². The highest BCUT2D eigenvalue weighted by molar-refractivity contribution is 7.99. The van der Waals surface area contributed by atoms with Crippen LogP contribution < -0.4 is 0 Å². The Bertz CT molecular complexity index is 1280. The average molecular weight is 518 g/mol. The van der Waals surface area contributed by atoms with E-state index in [2.05, 4.69) is 20.5 Å². The third kappa shape index (κ3) is 4.69. The first-order valence-corrected chi connectivity index (χ1v) is 12.5. The van der Waals surface area contributed by atoms with Crippen molar-refractivity contribution in [2.75, 3.05) is 31.9 Å². The van der Waals surface area contributed by atoms with Gasteiger partial charge in [-0.25, -0.2) is 17.2 Å². The Balaban J connectivity index is 1.33. The molecule has 1 aliphatic rings. The Kier molecular flexibility index (Phi) is 6.73. The quantitative estimate of drug-likeness (QED) is 0.425. The van der Waals surface area contributed by atoms with Crippen molar-refractivity contribution >= 4 is 27.7 Å². The van der Waals surface area contributed by atoms with Crippen molar-refractivity contribution in [1.29, 1.82) is 0 Å². The summed E-state index contributed by atoms with van der Waals surface area (Å²) in [6.45, 7) is 3.78. The van der Waals surface area contributed by atoms with Crippen molar-refractivity contribution in [2.45, 2.75) is 30.4 Å². The van der Waals surface area contributed by atoms with Gasteiger partial charge >= 0.3 is 0 Å². The van der Waals surface area contributed by atoms with E-state index in [-0.39, 0.29) is 65.2 Å². The maximum atomic E-state index is 13.1. The van der Waals surface area contributed by atoms with E-state index in [4.69, 9.17) is 8.94 Å². The molecule has 34 heavy (non-hydrogen) atoms. The first-order valence-electron chi connectivity index (χ1n) is 10.1. The van der Waals surface area contributed by atoms with E-state index in [0.29, 0.717) is 5.69 Å². The molecule has 1 amide bonds. The molecule has 0 radical (unpaired) electrons. The Morgan fingerprint density at radius 2 is 1.91 bits per heavy atom. The molecule has 0 aromatic carbocycles. The van der Waals surface area contributed by atoms with Gasteiger partial charge in [0.25, 0.3) is 17.5 Å². The van der Waals surface area contributed by atoms with Crippen LogP contribution in [0.2, 0.25) is 0 Å². The fourth-order valence-electron chi connectivity index (χ4n) is 3.57. The van der Waals surface area contributed by atoms with Gasteiger partial charge in [-0.15, -0.1) is 10.2 Å². The number of hydrogen-bond donors (Lipinski definition) is 0. The smallest absolute Gasteiger partial charge is 0.282 e. The third-order valence-electron chi connectivity index (χ3n) is 5.18. The van der Waals surface area contributed by atoms with Crippen LogP contribution in [0.5, 0.6) is 0 Å². The molecule has 184 valence electrons. The molecule has 0 spiro atoms. The van der Waals surface area contributed by atoms with Crippen LogP contribution in [-0.4, -0.2) is 80.6 Å². The maximum absolute atomic E-state index is 13.1. The SMILES string of the molecule is Cc1noc(C)c1S(=O)(=O)N1CCN(C(=O)CSc2nnc(-c3cn(C)nc3C(F)F)o2)CC1. The van der Waals surface area contributed by atoms with Crippen molar-refractivity contribution in [3.8, 4) is 11.5 Å². The maximum Gasteiger partial charge on any atom is 0.282 e. The molecule has 4 heterocycles. The molecule has 16 heteroatoms. The van der Waals surface area contributed by atoms with Gasteiger partial charge < -0.3 is 13.8 Å². The van der Waals surface area contributed by atoms with Crippen LogP contribution in [0, 0.1) is 13.8 Å². The first kappa shape index (κ1) is 24.3. The van der Waals surface area contributed by atoms with Gasteiger partial charge in [-0.1, -0.05) is 16.9 Å². The van der Waals surface area contributed by atoms with Gasteiger partial charge in [-0.05, 0) is 13.8 Å². The summed E-state index contributed by atoms with van der Waals surface area (Å²) in [7, 11) is -2.28. The number of halogens is 2. The van der Waals surface area contributed by atoms with Crippen molar-refractivity contribution in [2.24, 2.45) is 7.05 Å². The summed E-state index contributed by atoms with van der Waals surface area (Å²) in [5.74, 6) is -0.170. The largest absolute Gasteiger partial charge is 0.411 e. The van der Waals surface area contributed by atoms with E-state index in [1.165, 1.54) is 29.2 Å². The van der Waals surface area contributed by atoms with Crippen molar-refractivity contribution < 1.29 is 30.9 Å². The molecular weight excluding hydrogens is 496 g/mol. The first-order chi connectivity index (χ1) is 16.1.